The van der Waals surface area contributed by atoms with Gasteiger partial charge >= 0.3 is 0 Å². The van der Waals surface area contributed by atoms with E-state index >= 15 is 0 Å². The number of carbonyl (C=O) groups is 2. The second-order valence-electron chi connectivity index (χ2n) is 5.71. The van der Waals surface area contributed by atoms with E-state index in [1.54, 1.807) is 12.1 Å². The number of carbonyl (C=O) groups excluding carboxylic acids is 2. The monoisotopic (exact) mass is 308 g/mol. The summed E-state index contributed by atoms with van der Waals surface area (Å²) in [5.74, 6) is -0.160. The van der Waals surface area contributed by atoms with Crippen molar-refractivity contribution in [3.05, 3.63) is 34.9 Å². The lowest BCUT2D eigenvalue weighted by molar-refractivity contribution is -0.127. The second-order valence-corrected chi connectivity index (χ2v) is 6.15. The summed E-state index contributed by atoms with van der Waals surface area (Å²) in [6.45, 7) is 0. The second kappa shape index (κ2) is 7.46. The van der Waals surface area contributed by atoms with E-state index in [0.717, 1.165) is 18.4 Å². The lowest BCUT2D eigenvalue weighted by Gasteiger charge is -2.17. The minimum absolute atomic E-state index is 0.0901. The smallest absolute Gasteiger partial charge is 0.240 e. The first-order valence-electron chi connectivity index (χ1n) is 7.37. The van der Waals surface area contributed by atoms with Crippen LogP contribution in [0.1, 0.15) is 37.7 Å². The molecule has 114 valence electrons. The van der Waals surface area contributed by atoms with Crippen molar-refractivity contribution < 1.29 is 9.59 Å². The minimum Gasteiger partial charge on any atom is -0.368 e. The Labute approximate surface area is 130 Å². The molecule has 0 saturated heterocycles. The third-order valence-electron chi connectivity index (χ3n) is 3.96. The van der Waals surface area contributed by atoms with E-state index in [1.165, 1.54) is 12.8 Å². The number of hydrogen-bond acceptors (Lipinski definition) is 2. The lowest BCUT2D eigenvalue weighted by atomic mass is 10.0. The first-order chi connectivity index (χ1) is 10.0. The van der Waals surface area contributed by atoms with Crippen molar-refractivity contribution in [3.8, 4) is 0 Å². The Kier molecular flexibility index (Phi) is 5.62. The van der Waals surface area contributed by atoms with E-state index in [4.69, 9.17) is 17.3 Å². The topological polar surface area (TPSA) is 72.2 Å². The first kappa shape index (κ1) is 15.8. The highest BCUT2D eigenvalue weighted by molar-refractivity contribution is 6.30. The molecule has 5 heteroatoms. The molecule has 0 radical (unpaired) electrons. The number of nitrogens with two attached hydrogens (primary N) is 1. The van der Waals surface area contributed by atoms with Crippen LogP contribution in [0.4, 0.5) is 0 Å². The third-order valence-corrected chi connectivity index (χ3v) is 4.19. The van der Waals surface area contributed by atoms with Gasteiger partial charge in [0.1, 0.15) is 6.04 Å². The number of halogens is 1. The SMILES string of the molecule is NC(=O)[C@@H](Cc1cccc(Cl)c1)NC(=O)CC1CCCC1. The zero-order valence-corrected chi connectivity index (χ0v) is 12.7. The van der Waals surface area contributed by atoms with Crippen molar-refractivity contribution >= 4 is 23.4 Å². The van der Waals surface area contributed by atoms with Crippen molar-refractivity contribution in [2.24, 2.45) is 11.7 Å². The molecule has 0 bridgehead atoms. The van der Waals surface area contributed by atoms with Crippen LogP contribution in [0.2, 0.25) is 5.02 Å². The maximum absolute atomic E-state index is 12.0. The Morgan fingerprint density at radius 1 is 1.33 bits per heavy atom. The van der Waals surface area contributed by atoms with Crippen molar-refractivity contribution in [2.45, 2.75) is 44.6 Å². The van der Waals surface area contributed by atoms with Gasteiger partial charge in [0.15, 0.2) is 0 Å². The summed E-state index contributed by atoms with van der Waals surface area (Å²) in [4.78, 5) is 23.6. The highest BCUT2D eigenvalue weighted by atomic mass is 35.5. The summed E-state index contributed by atoms with van der Waals surface area (Å²) in [5, 5.41) is 3.36. The highest BCUT2D eigenvalue weighted by Gasteiger charge is 2.22. The van der Waals surface area contributed by atoms with E-state index in [2.05, 4.69) is 5.32 Å². The van der Waals surface area contributed by atoms with Crippen LogP contribution in [0.5, 0.6) is 0 Å². The molecule has 1 aliphatic rings. The number of nitrogens with one attached hydrogen (secondary N) is 1. The largest absolute Gasteiger partial charge is 0.368 e. The summed E-state index contributed by atoms with van der Waals surface area (Å²) in [7, 11) is 0. The van der Waals surface area contributed by atoms with Crippen molar-refractivity contribution in [1.29, 1.82) is 0 Å². The highest BCUT2D eigenvalue weighted by Crippen LogP contribution is 2.27. The average molecular weight is 309 g/mol. The maximum atomic E-state index is 12.0. The van der Waals surface area contributed by atoms with Gasteiger partial charge in [-0.05, 0) is 36.5 Å². The average Bonchev–Trinajstić information content (AvgIpc) is 2.90. The predicted molar refractivity (Wildman–Crippen MR) is 82.9 cm³/mol. The van der Waals surface area contributed by atoms with Crippen LogP contribution in [0.25, 0.3) is 0 Å². The molecule has 0 unspecified atom stereocenters. The summed E-state index contributed by atoms with van der Waals surface area (Å²) in [5.41, 5.74) is 6.27. The molecule has 1 aliphatic carbocycles. The Morgan fingerprint density at radius 3 is 2.67 bits per heavy atom. The number of hydrogen-bond donors (Lipinski definition) is 2. The van der Waals surface area contributed by atoms with Gasteiger partial charge < -0.3 is 11.1 Å². The standard InChI is InChI=1S/C16H21ClN2O2/c17-13-7-3-6-12(8-13)9-14(16(18)21)19-15(20)10-11-4-1-2-5-11/h3,6-8,11,14H,1-2,4-5,9-10H2,(H2,18,21)(H,19,20)/t14-/m1/s1. The molecule has 0 aromatic heterocycles. The summed E-state index contributed by atoms with van der Waals surface area (Å²) in [6, 6.07) is 6.54. The Morgan fingerprint density at radius 2 is 2.05 bits per heavy atom. The maximum Gasteiger partial charge on any atom is 0.240 e. The van der Waals surface area contributed by atoms with Gasteiger partial charge in [-0.25, -0.2) is 0 Å². The Bertz CT molecular complexity index is 513. The van der Waals surface area contributed by atoms with Crippen LogP contribution < -0.4 is 11.1 Å². The van der Waals surface area contributed by atoms with Crippen molar-refractivity contribution in [1.82, 2.24) is 5.32 Å². The van der Waals surface area contributed by atoms with Crippen molar-refractivity contribution in [2.75, 3.05) is 0 Å². The van der Waals surface area contributed by atoms with Crippen LogP contribution in [-0.4, -0.2) is 17.9 Å². The summed E-state index contributed by atoms with van der Waals surface area (Å²) >= 11 is 5.92. The van der Waals surface area contributed by atoms with Crippen LogP contribution in [-0.2, 0) is 16.0 Å². The molecule has 1 atom stereocenters. The number of primary amides is 1. The van der Waals surface area contributed by atoms with Crippen LogP contribution in [0.15, 0.2) is 24.3 Å². The molecule has 0 aliphatic heterocycles. The predicted octanol–water partition coefficient (Wildman–Crippen LogP) is 2.43. The molecule has 0 spiro atoms. The van der Waals surface area contributed by atoms with Crippen molar-refractivity contribution in [3.63, 3.8) is 0 Å². The first-order valence-corrected chi connectivity index (χ1v) is 7.75. The fourth-order valence-corrected chi connectivity index (χ4v) is 3.07. The molecule has 2 rings (SSSR count). The van der Waals surface area contributed by atoms with E-state index in [1.807, 2.05) is 12.1 Å². The van der Waals surface area contributed by atoms with Gasteiger partial charge in [-0.3, -0.25) is 9.59 Å². The number of amides is 2. The normalized spacial score (nSPS) is 16.6. The molecule has 1 saturated carbocycles. The lowest BCUT2D eigenvalue weighted by Crippen LogP contribution is -2.46. The Balaban J connectivity index is 1.92. The molecule has 2 amide bonds. The van der Waals surface area contributed by atoms with E-state index in [-0.39, 0.29) is 5.91 Å². The van der Waals surface area contributed by atoms with Crippen LogP contribution in [0.3, 0.4) is 0 Å². The quantitative estimate of drug-likeness (QED) is 0.847. The zero-order chi connectivity index (χ0) is 15.2. The fraction of sp³-hybridized carbons (Fsp3) is 0.500. The molecule has 3 N–H and O–H groups in total. The van der Waals surface area contributed by atoms with Gasteiger partial charge in [-0.15, -0.1) is 0 Å². The molecule has 1 aromatic rings. The number of rotatable bonds is 6. The van der Waals surface area contributed by atoms with Crippen LogP contribution in [0, 0.1) is 5.92 Å². The van der Waals surface area contributed by atoms with Gasteiger partial charge in [-0.2, -0.15) is 0 Å². The minimum atomic E-state index is -0.683. The van der Waals surface area contributed by atoms with E-state index in [0.29, 0.717) is 23.8 Å². The summed E-state index contributed by atoms with van der Waals surface area (Å²) < 4.78 is 0. The summed E-state index contributed by atoms with van der Waals surface area (Å²) in [6.07, 6.45) is 5.44. The van der Waals surface area contributed by atoms with E-state index < -0.39 is 11.9 Å². The van der Waals surface area contributed by atoms with Gasteiger partial charge in [0, 0.05) is 17.9 Å². The third kappa shape index (κ3) is 5.05. The molecule has 0 heterocycles. The molecule has 1 fully saturated rings. The molecule has 1 aromatic carbocycles. The fourth-order valence-electron chi connectivity index (χ4n) is 2.85. The van der Waals surface area contributed by atoms with Gasteiger partial charge in [0.05, 0.1) is 0 Å². The zero-order valence-electron chi connectivity index (χ0n) is 12.0. The molecule has 21 heavy (non-hydrogen) atoms. The van der Waals surface area contributed by atoms with Gasteiger partial charge in [0.25, 0.3) is 0 Å². The molecular weight excluding hydrogens is 288 g/mol. The Hall–Kier alpha value is -1.55. The van der Waals surface area contributed by atoms with Crippen LogP contribution >= 0.6 is 11.6 Å². The number of benzene rings is 1. The van der Waals surface area contributed by atoms with Gasteiger partial charge in [0.2, 0.25) is 11.8 Å². The van der Waals surface area contributed by atoms with Gasteiger partial charge in [-0.1, -0.05) is 36.6 Å². The van der Waals surface area contributed by atoms with E-state index in [9.17, 15) is 9.59 Å². The molecular formula is C16H21ClN2O2. The molecule has 4 nitrogen and oxygen atoms in total.